The van der Waals surface area contributed by atoms with Crippen molar-refractivity contribution in [2.45, 2.75) is 45.4 Å². The lowest BCUT2D eigenvalue weighted by Crippen LogP contribution is -2.44. The molecule has 1 aromatic rings. The van der Waals surface area contributed by atoms with Gasteiger partial charge in [-0.25, -0.2) is 4.90 Å². The van der Waals surface area contributed by atoms with Crippen molar-refractivity contribution in [1.82, 2.24) is 4.90 Å². The van der Waals surface area contributed by atoms with E-state index in [0.29, 0.717) is 12.0 Å². The molecule has 1 aliphatic heterocycles. The SMILES string of the molecule is CC(C)(C)c1ccc(C(=O)N2C(=O)CCCC2=O)cc1. The van der Waals surface area contributed by atoms with E-state index in [1.165, 1.54) is 0 Å². The Hall–Kier alpha value is -1.97. The third-order valence-corrected chi connectivity index (χ3v) is 3.48. The normalized spacial score (nSPS) is 16.4. The Morgan fingerprint density at radius 2 is 1.50 bits per heavy atom. The zero-order valence-corrected chi connectivity index (χ0v) is 12.1. The molecule has 0 aromatic heterocycles. The maximum atomic E-state index is 12.3. The molecule has 0 saturated carbocycles. The van der Waals surface area contributed by atoms with E-state index in [-0.39, 0.29) is 18.3 Å². The summed E-state index contributed by atoms with van der Waals surface area (Å²) in [6, 6.07) is 7.09. The van der Waals surface area contributed by atoms with E-state index >= 15 is 0 Å². The maximum Gasteiger partial charge on any atom is 0.267 e. The Morgan fingerprint density at radius 1 is 1.00 bits per heavy atom. The number of piperidine rings is 1. The van der Waals surface area contributed by atoms with E-state index in [1.807, 2.05) is 12.1 Å². The highest BCUT2D eigenvalue weighted by atomic mass is 16.2. The number of likely N-dealkylation sites (tertiary alicyclic amines) is 1. The Balaban J connectivity index is 2.25. The summed E-state index contributed by atoms with van der Waals surface area (Å²) >= 11 is 0. The summed E-state index contributed by atoms with van der Waals surface area (Å²) in [7, 11) is 0. The van der Waals surface area contributed by atoms with Crippen molar-refractivity contribution < 1.29 is 14.4 Å². The molecular weight excluding hydrogens is 254 g/mol. The summed E-state index contributed by atoms with van der Waals surface area (Å²) in [5.74, 6) is -1.31. The number of carbonyl (C=O) groups is 3. The van der Waals surface area contributed by atoms with Crippen LogP contribution < -0.4 is 0 Å². The fourth-order valence-electron chi connectivity index (χ4n) is 2.22. The summed E-state index contributed by atoms with van der Waals surface area (Å²) in [6.45, 7) is 6.25. The van der Waals surface area contributed by atoms with Gasteiger partial charge in [0.25, 0.3) is 5.91 Å². The van der Waals surface area contributed by atoms with Crippen molar-refractivity contribution in [3.05, 3.63) is 35.4 Å². The lowest BCUT2D eigenvalue weighted by Gasteiger charge is -2.23. The highest BCUT2D eigenvalue weighted by Crippen LogP contribution is 2.23. The van der Waals surface area contributed by atoms with Gasteiger partial charge >= 0.3 is 0 Å². The molecular formula is C16H19NO3. The van der Waals surface area contributed by atoms with Crippen LogP contribution in [0.25, 0.3) is 0 Å². The van der Waals surface area contributed by atoms with Gasteiger partial charge in [0, 0.05) is 18.4 Å². The highest BCUT2D eigenvalue weighted by Gasteiger charge is 2.32. The number of hydrogen-bond acceptors (Lipinski definition) is 3. The second-order valence-corrected chi connectivity index (χ2v) is 6.11. The zero-order valence-electron chi connectivity index (χ0n) is 12.1. The van der Waals surface area contributed by atoms with Gasteiger partial charge in [0.2, 0.25) is 11.8 Å². The quantitative estimate of drug-likeness (QED) is 0.739. The number of benzene rings is 1. The molecule has 1 aliphatic rings. The first kappa shape index (κ1) is 14.4. The molecule has 4 nitrogen and oxygen atoms in total. The van der Waals surface area contributed by atoms with E-state index < -0.39 is 17.7 Å². The lowest BCUT2D eigenvalue weighted by molar-refractivity contribution is -0.144. The van der Waals surface area contributed by atoms with Crippen LogP contribution in [0.4, 0.5) is 0 Å². The summed E-state index contributed by atoms with van der Waals surface area (Å²) in [4.78, 5) is 36.5. The van der Waals surface area contributed by atoms with Crippen molar-refractivity contribution in [3.8, 4) is 0 Å². The molecule has 1 saturated heterocycles. The van der Waals surface area contributed by atoms with Gasteiger partial charge in [-0.3, -0.25) is 14.4 Å². The number of rotatable bonds is 1. The van der Waals surface area contributed by atoms with Gasteiger partial charge in [-0.2, -0.15) is 0 Å². The third-order valence-electron chi connectivity index (χ3n) is 3.48. The summed E-state index contributed by atoms with van der Waals surface area (Å²) in [6.07, 6.45) is 1.06. The molecule has 0 aliphatic carbocycles. The molecule has 0 atom stereocenters. The van der Waals surface area contributed by atoms with Gasteiger partial charge in [0.1, 0.15) is 0 Å². The number of carbonyl (C=O) groups excluding carboxylic acids is 3. The zero-order chi connectivity index (χ0) is 14.9. The second-order valence-electron chi connectivity index (χ2n) is 6.11. The first-order valence-corrected chi connectivity index (χ1v) is 6.81. The highest BCUT2D eigenvalue weighted by molar-refractivity contribution is 6.17. The van der Waals surface area contributed by atoms with Crippen LogP contribution in [-0.4, -0.2) is 22.6 Å². The second kappa shape index (κ2) is 5.19. The van der Waals surface area contributed by atoms with Crippen molar-refractivity contribution in [1.29, 1.82) is 0 Å². The van der Waals surface area contributed by atoms with Crippen LogP contribution in [0.15, 0.2) is 24.3 Å². The number of imide groups is 3. The largest absolute Gasteiger partial charge is 0.274 e. The van der Waals surface area contributed by atoms with E-state index in [1.54, 1.807) is 12.1 Å². The molecule has 2 rings (SSSR count). The van der Waals surface area contributed by atoms with Crippen molar-refractivity contribution in [3.63, 3.8) is 0 Å². The standard InChI is InChI=1S/C16H19NO3/c1-16(2,3)12-9-7-11(8-10-12)15(20)17-13(18)5-4-6-14(17)19/h7-10H,4-6H2,1-3H3. The fourth-order valence-corrected chi connectivity index (χ4v) is 2.22. The Morgan fingerprint density at radius 3 is 1.95 bits per heavy atom. The van der Waals surface area contributed by atoms with Crippen LogP contribution in [0, 0.1) is 0 Å². The molecule has 0 unspecified atom stereocenters. The summed E-state index contributed by atoms with van der Waals surface area (Å²) in [5, 5.41) is 0. The Bertz CT molecular complexity index is 536. The number of amides is 3. The molecule has 4 heteroatoms. The van der Waals surface area contributed by atoms with E-state index in [2.05, 4.69) is 20.8 Å². The molecule has 0 radical (unpaired) electrons. The predicted octanol–water partition coefficient (Wildman–Crippen LogP) is 2.66. The van der Waals surface area contributed by atoms with Crippen LogP contribution in [0.3, 0.4) is 0 Å². The van der Waals surface area contributed by atoms with Crippen LogP contribution >= 0.6 is 0 Å². The minimum absolute atomic E-state index is 0.00165. The van der Waals surface area contributed by atoms with Crippen LogP contribution in [0.5, 0.6) is 0 Å². The molecule has 106 valence electrons. The molecule has 0 N–H and O–H groups in total. The maximum absolute atomic E-state index is 12.3. The predicted molar refractivity (Wildman–Crippen MR) is 75.2 cm³/mol. The topological polar surface area (TPSA) is 54.5 Å². The van der Waals surface area contributed by atoms with Gasteiger partial charge in [-0.05, 0) is 29.5 Å². The van der Waals surface area contributed by atoms with E-state index in [0.717, 1.165) is 10.5 Å². The van der Waals surface area contributed by atoms with Gasteiger partial charge in [0.05, 0.1) is 0 Å². The molecule has 3 amide bonds. The summed E-state index contributed by atoms with van der Waals surface area (Å²) < 4.78 is 0. The molecule has 0 bridgehead atoms. The summed E-state index contributed by atoms with van der Waals surface area (Å²) in [5.41, 5.74) is 1.48. The molecule has 1 heterocycles. The first-order valence-electron chi connectivity index (χ1n) is 6.81. The van der Waals surface area contributed by atoms with E-state index in [9.17, 15) is 14.4 Å². The van der Waals surface area contributed by atoms with Crippen molar-refractivity contribution >= 4 is 17.7 Å². The van der Waals surface area contributed by atoms with Gasteiger partial charge < -0.3 is 0 Å². The monoisotopic (exact) mass is 273 g/mol. The minimum atomic E-state index is -0.514. The number of nitrogens with zero attached hydrogens (tertiary/aromatic N) is 1. The fraction of sp³-hybridized carbons (Fsp3) is 0.438. The third kappa shape index (κ3) is 2.79. The van der Waals surface area contributed by atoms with Crippen LogP contribution in [0.2, 0.25) is 0 Å². The van der Waals surface area contributed by atoms with Gasteiger partial charge in [0.15, 0.2) is 0 Å². The van der Waals surface area contributed by atoms with Gasteiger partial charge in [-0.15, -0.1) is 0 Å². The van der Waals surface area contributed by atoms with Crippen molar-refractivity contribution in [2.75, 3.05) is 0 Å². The Kier molecular flexibility index (Phi) is 3.75. The van der Waals surface area contributed by atoms with Gasteiger partial charge in [-0.1, -0.05) is 32.9 Å². The molecule has 1 fully saturated rings. The minimum Gasteiger partial charge on any atom is -0.274 e. The van der Waals surface area contributed by atoms with Crippen molar-refractivity contribution in [2.24, 2.45) is 0 Å². The van der Waals surface area contributed by atoms with Crippen LogP contribution in [-0.2, 0) is 15.0 Å². The lowest BCUT2D eigenvalue weighted by atomic mass is 9.86. The average Bonchev–Trinajstić information content (AvgIpc) is 2.37. The molecule has 0 spiro atoms. The molecule has 1 aromatic carbocycles. The first-order chi connectivity index (χ1) is 9.30. The smallest absolute Gasteiger partial charge is 0.267 e. The molecule has 20 heavy (non-hydrogen) atoms. The Labute approximate surface area is 118 Å². The van der Waals surface area contributed by atoms with E-state index in [4.69, 9.17) is 0 Å². The van der Waals surface area contributed by atoms with Crippen LogP contribution in [0.1, 0.15) is 56.0 Å². The average molecular weight is 273 g/mol. The number of hydrogen-bond donors (Lipinski definition) is 0.